The molecule has 1 aliphatic rings. The molecule has 0 aromatic heterocycles. The third kappa shape index (κ3) is 1.74. The van der Waals surface area contributed by atoms with E-state index in [0.29, 0.717) is 0 Å². The SMILES string of the molecule is Nc1cc(F)c(Cl)cc1N1CC(=O)CC1=O. The van der Waals surface area contributed by atoms with E-state index in [1.807, 2.05) is 0 Å². The minimum Gasteiger partial charge on any atom is -0.397 e. The second-order valence-corrected chi connectivity index (χ2v) is 3.93. The third-order valence-corrected chi connectivity index (χ3v) is 2.63. The zero-order valence-electron chi connectivity index (χ0n) is 8.17. The monoisotopic (exact) mass is 242 g/mol. The molecule has 0 unspecified atom stereocenters. The summed E-state index contributed by atoms with van der Waals surface area (Å²) in [5.41, 5.74) is 5.94. The van der Waals surface area contributed by atoms with Gasteiger partial charge in [-0.25, -0.2) is 4.39 Å². The normalized spacial score (nSPS) is 16.0. The Kier molecular flexibility index (Phi) is 2.55. The van der Waals surface area contributed by atoms with Crippen LogP contribution in [0.3, 0.4) is 0 Å². The van der Waals surface area contributed by atoms with Gasteiger partial charge in [0.15, 0.2) is 5.78 Å². The minimum atomic E-state index is -0.652. The first-order valence-corrected chi connectivity index (χ1v) is 4.93. The van der Waals surface area contributed by atoms with E-state index in [2.05, 4.69) is 0 Å². The summed E-state index contributed by atoms with van der Waals surface area (Å²) >= 11 is 5.59. The first-order valence-electron chi connectivity index (χ1n) is 4.55. The lowest BCUT2D eigenvalue weighted by Crippen LogP contribution is -2.25. The van der Waals surface area contributed by atoms with Crippen molar-refractivity contribution in [2.24, 2.45) is 0 Å². The fourth-order valence-corrected chi connectivity index (χ4v) is 1.75. The molecule has 16 heavy (non-hydrogen) atoms. The fourth-order valence-electron chi connectivity index (χ4n) is 1.59. The number of halogens is 2. The van der Waals surface area contributed by atoms with Gasteiger partial charge in [0.1, 0.15) is 5.82 Å². The average Bonchev–Trinajstić information content (AvgIpc) is 2.51. The summed E-state index contributed by atoms with van der Waals surface area (Å²) < 4.78 is 13.0. The fraction of sp³-hybridized carbons (Fsp3) is 0.200. The van der Waals surface area contributed by atoms with Crippen LogP contribution in [0, 0.1) is 5.82 Å². The van der Waals surface area contributed by atoms with E-state index in [-0.39, 0.29) is 41.1 Å². The molecule has 0 aliphatic carbocycles. The maximum absolute atomic E-state index is 13.0. The van der Waals surface area contributed by atoms with Crippen molar-refractivity contribution in [2.75, 3.05) is 17.2 Å². The van der Waals surface area contributed by atoms with Crippen molar-refractivity contribution < 1.29 is 14.0 Å². The Balaban J connectivity index is 2.45. The number of ketones is 1. The van der Waals surface area contributed by atoms with Gasteiger partial charge in [-0.2, -0.15) is 0 Å². The van der Waals surface area contributed by atoms with Crippen molar-refractivity contribution in [1.29, 1.82) is 0 Å². The van der Waals surface area contributed by atoms with Gasteiger partial charge in [-0.15, -0.1) is 0 Å². The molecule has 1 saturated heterocycles. The number of anilines is 2. The van der Waals surface area contributed by atoms with Gasteiger partial charge in [0.25, 0.3) is 0 Å². The Morgan fingerprint density at radius 3 is 2.62 bits per heavy atom. The van der Waals surface area contributed by atoms with Gasteiger partial charge in [0, 0.05) is 6.07 Å². The summed E-state index contributed by atoms with van der Waals surface area (Å²) in [6, 6.07) is 2.29. The molecule has 84 valence electrons. The van der Waals surface area contributed by atoms with E-state index in [4.69, 9.17) is 17.3 Å². The Bertz CT molecular complexity index is 490. The van der Waals surface area contributed by atoms with Crippen molar-refractivity contribution in [3.63, 3.8) is 0 Å². The molecule has 2 rings (SSSR count). The number of rotatable bonds is 1. The van der Waals surface area contributed by atoms with Crippen LogP contribution >= 0.6 is 11.6 Å². The number of Topliss-reactive ketones (excluding diaryl/α,β-unsaturated/α-hetero) is 1. The van der Waals surface area contributed by atoms with Crippen LogP contribution in [0.15, 0.2) is 12.1 Å². The number of nitrogens with two attached hydrogens (primary N) is 1. The van der Waals surface area contributed by atoms with Crippen LogP contribution < -0.4 is 10.6 Å². The molecule has 1 heterocycles. The number of nitrogens with zero attached hydrogens (tertiary/aromatic N) is 1. The molecule has 1 fully saturated rings. The van der Waals surface area contributed by atoms with Gasteiger partial charge < -0.3 is 10.6 Å². The van der Waals surface area contributed by atoms with Crippen molar-refractivity contribution in [1.82, 2.24) is 0 Å². The van der Waals surface area contributed by atoms with E-state index >= 15 is 0 Å². The van der Waals surface area contributed by atoms with Crippen LogP contribution in [0.2, 0.25) is 5.02 Å². The quantitative estimate of drug-likeness (QED) is 0.598. The number of benzene rings is 1. The van der Waals surface area contributed by atoms with Crippen LogP contribution in [0.4, 0.5) is 15.8 Å². The molecule has 0 atom stereocenters. The molecule has 1 amide bonds. The van der Waals surface area contributed by atoms with Crippen LogP contribution in [0.5, 0.6) is 0 Å². The molecule has 1 aromatic rings. The first-order chi connectivity index (χ1) is 7.49. The van der Waals surface area contributed by atoms with Crippen LogP contribution in [-0.2, 0) is 9.59 Å². The van der Waals surface area contributed by atoms with E-state index in [9.17, 15) is 14.0 Å². The maximum atomic E-state index is 13.0. The molecule has 0 saturated carbocycles. The smallest absolute Gasteiger partial charge is 0.234 e. The van der Waals surface area contributed by atoms with E-state index in [1.165, 1.54) is 11.0 Å². The molecule has 1 aliphatic heterocycles. The predicted molar refractivity (Wildman–Crippen MR) is 57.8 cm³/mol. The second-order valence-electron chi connectivity index (χ2n) is 3.52. The Labute approximate surface area is 95.8 Å². The Morgan fingerprint density at radius 2 is 2.06 bits per heavy atom. The van der Waals surface area contributed by atoms with Gasteiger partial charge >= 0.3 is 0 Å². The topological polar surface area (TPSA) is 63.4 Å². The number of nitrogen functional groups attached to an aromatic ring is 1. The summed E-state index contributed by atoms with van der Waals surface area (Å²) in [6.45, 7) is -0.0367. The highest BCUT2D eigenvalue weighted by molar-refractivity contribution is 6.31. The van der Waals surface area contributed by atoms with Gasteiger partial charge in [0.05, 0.1) is 29.4 Å². The zero-order valence-corrected chi connectivity index (χ0v) is 8.92. The van der Waals surface area contributed by atoms with Crippen molar-refractivity contribution in [2.45, 2.75) is 6.42 Å². The largest absolute Gasteiger partial charge is 0.397 e. The second kappa shape index (κ2) is 3.75. The molecule has 6 heteroatoms. The molecule has 0 bridgehead atoms. The Hall–Kier alpha value is -1.62. The minimum absolute atomic E-state index is 0.0367. The van der Waals surface area contributed by atoms with Gasteiger partial charge in [-0.3, -0.25) is 9.59 Å². The summed E-state index contributed by atoms with van der Waals surface area (Å²) in [5, 5.41) is -0.128. The summed E-state index contributed by atoms with van der Waals surface area (Å²) in [7, 11) is 0. The molecule has 4 nitrogen and oxygen atoms in total. The molecular weight excluding hydrogens is 235 g/mol. The van der Waals surface area contributed by atoms with E-state index < -0.39 is 5.82 Å². The lowest BCUT2D eigenvalue weighted by atomic mass is 10.2. The van der Waals surface area contributed by atoms with Gasteiger partial charge in [-0.05, 0) is 6.07 Å². The van der Waals surface area contributed by atoms with Crippen molar-refractivity contribution in [3.8, 4) is 0 Å². The maximum Gasteiger partial charge on any atom is 0.234 e. The van der Waals surface area contributed by atoms with Gasteiger partial charge in [0.2, 0.25) is 5.91 Å². The first kappa shape index (κ1) is 10.9. The van der Waals surface area contributed by atoms with Crippen LogP contribution in [0.1, 0.15) is 6.42 Å². The van der Waals surface area contributed by atoms with Crippen molar-refractivity contribution in [3.05, 3.63) is 23.0 Å². The molecule has 2 N–H and O–H groups in total. The van der Waals surface area contributed by atoms with E-state index in [0.717, 1.165) is 6.07 Å². The Morgan fingerprint density at radius 1 is 1.38 bits per heavy atom. The molecule has 1 aromatic carbocycles. The lowest BCUT2D eigenvalue weighted by molar-refractivity contribution is -0.121. The third-order valence-electron chi connectivity index (χ3n) is 2.34. The predicted octanol–water partition coefficient (Wildman–Crippen LogP) is 1.37. The number of hydrogen-bond donors (Lipinski definition) is 1. The lowest BCUT2D eigenvalue weighted by Gasteiger charge is -2.17. The summed E-state index contributed by atoms with van der Waals surface area (Å²) in [4.78, 5) is 23.7. The van der Waals surface area contributed by atoms with E-state index in [1.54, 1.807) is 0 Å². The summed E-state index contributed by atoms with van der Waals surface area (Å²) in [5.74, 6) is -1.19. The highest BCUT2D eigenvalue weighted by atomic mass is 35.5. The standard InChI is InChI=1S/C10H8ClFN2O2/c11-6-2-9(8(13)3-7(6)12)14-4-5(15)1-10(14)16/h2-3H,1,4,13H2. The van der Waals surface area contributed by atoms with Crippen molar-refractivity contribution >= 4 is 34.7 Å². The zero-order chi connectivity index (χ0) is 11.9. The van der Waals surface area contributed by atoms with Crippen LogP contribution in [0.25, 0.3) is 0 Å². The molecular formula is C10H8ClFN2O2. The number of carbonyl (C=O) groups excluding carboxylic acids is 2. The molecule has 0 radical (unpaired) electrons. The van der Waals surface area contributed by atoms with Gasteiger partial charge in [-0.1, -0.05) is 11.6 Å². The highest BCUT2D eigenvalue weighted by Gasteiger charge is 2.30. The highest BCUT2D eigenvalue weighted by Crippen LogP contribution is 2.31. The average molecular weight is 243 g/mol. The molecule has 0 spiro atoms. The van der Waals surface area contributed by atoms with Crippen LogP contribution in [-0.4, -0.2) is 18.2 Å². The summed E-state index contributed by atoms with van der Waals surface area (Å²) in [6.07, 6.45) is -0.144. The number of hydrogen-bond acceptors (Lipinski definition) is 3. The number of carbonyl (C=O) groups is 2. The number of amides is 1.